The van der Waals surface area contributed by atoms with E-state index in [9.17, 15) is 23.3 Å². The van der Waals surface area contributed by atoms with Crippen LogP contribution in [-0.4, -0.2) is 17.2 Å². The smallest absolute Gasteiger partial charge is 0.389 e. The Morgan fingerprint density at radius 2 is 2.16 bits per heavy atom. The second-order valence-corrected chi connectivity index (χ2v) is 4.48. The molecule has 0 radical (unpaired) electrons. The average molecular weight is 275 g/mol. The number of nitro groups is 1. The fraction of sp³-hybridized carbons (Fsp3) is 0.500. The van der Waals surface area contributed by atoms with E-state index in [4.69, 9.17) is 4.74 Å². The Kier molecular flexibility index (Phi) is 3.64. The second kappa shape index (κ2) is 5.07. The maximum absolute atomic E-state index is 12.1. The molecule has 0 aliphatic carbocycles. The van der Waals surface area contributed by atoms with Crippen LogP contribution in [0.15, 0.2) is 18.2 Å². The highest BCUT2D eigenvalue weighted by Gasteiger charge is 2.30. The molecule has 104 valence electrons. The summed E-state index contributed by atoms with van der Waals surface area (Å²) < 4.78 is 41.8. The Labute approximate surface area is 107 Å². The summed E-state index contributed by atoms with van der Waals surface area (Å²) in [7, 11) is 0. The van der Waals surface area contributed by atoms with Crippen molar-refractivity contribution in [1.29, 1.82) is 0 Å². The highest BCUT2D eigenvalue weighted by molar-refractivity contribution is 5.44. The lowest BCUT2D eigenvalue weighted by molar-refractivity contribution is -0.385. The molecule has 1 atom stereocenters. The predicted molar refractivity (Wildman–Crippen MR) is 61.1 cm³/mol. The van der Waals surface area contributed by atoms with Crippen LogP contribution in [0.3, 0.4) is 0 Å². The molecule has 19 heavy (non-hydrogen) atoms. The molecule has 1 aliphatic rings. The van der Waals surface area contributed by atoms with E-state index in [-0.39, 0.29) is 12.1 Å². The van der Waals surface area contributed by atoms with Gasteiger partial charge in [-0.3, -0.25) is 10.1 Å². The van der Waals surface area contributed by atoms with Crippen molar-refractivity contribution < 1.29 is 22.8 Å². The quantitative estimate of drug-likeness (QED) is 0.625. The number of nitrogens with zero attached hydrogens (tertiary/aromatic N) is 1. The normalized spacial score (nSPS) is 18.6. The minimum Gasteiger partial charge on any atom is -0.490 e. The fourth-order valence-corrected chi connectivity index (χ4v) is 2.07. The average Bonchev–Trinajstić information content (AvgIpc) is 2.34. The topological polar surface area (TPSA) is 52.4 Å². The zero-order chi connectivity index (χ0) is 14.0. The van der Waals surface area contributed by atoms with Gasteiger partial charge in [-0.2, -0.15) is 13.2 Å². The van der Waals surface area contributed by atoms with Crippen molar-refractivity contribution in [3.8, 4) is 5.75 Å². The lowest BCUT2D eigenvalue weighted by Gasteiger charge is -2.26. The highest BCUT2D eigenvalue weighted by Crippen LogP contribution is 2.33. The molecule has 0 bridgehead atoms. The van der Waals surface area contributed by atoms with Crippen molar-refractivity contribution in [2.45, 2.75) is 38.0 Å². The molecule has 7 heteroatoms. The van der Waals surface area contributed by atoms with E-state index in [1.807, 2.05) is 0 Å². The van der Waals surface area contributed by atoms with Crippen LogP contribution in [0, 0.1) is 10.1 Å². The number of aryl methyl sites for hydroxylation is 1. The van der Waals surface area contributed by atoms with Gasteiger partial charge in [0.2, 0.25) is 0 Å². The van der Waals surface area contributed by atoms with Gasteiger partial charge in [-0.1, -0.05) is 0 Å². The lowest BCUT2D eigenvalue weighted by Crippen LogP contribution is -2.24. The first-order valence-corrected chi connectivity index (χ1v) is 5.86. The van der Waals surface area contributed by atoms with E-state index in [1.165, 1.54) is 18.2 Å². The minimum atomic E-state index is -4.18. The maximum Gasteiger partial charge on any atom is 0.389 e. The number of hydrogen-bond acceptors (Lipinski definition) is 3. The SMILES string of the molecule is O=[N+]([O-])c1ccc2c(c1)CCC(CCC(F)(F)F)O2. The third kappa shape index (κ3) is 3.59. The Morgan fingerprint density at radius 3 is 2.79 bits per heavy atom. The van der Waals surface area contributed by atoms with Gasteiger partial charge in [0.25, 0.3) is 5.69 Å². The summed E-state index contributed by atoms with van der Waals surface area (Å²) in [5.41, 5.74) is 0.647. The van der Waals surface area contributed by atoms with Gasteiger partial charge in [0.05, 0.1) is 11.0 Å². The first-order valence-electron chi connectivity index (χ1n) is 5.86. The molecule has 1 aliphatic heterocycles. The molecule has 2 rings (SSSR count). The van der Waals surface area contributed by atoms with Crippen molar-refractivity contribution in [3.05, 3.63) is 33.9 Å². The first kappa shape index (κ1) is 13.6. The van der Waals surface area contributed by atoms with Gasteiger partial charge in [0.15, 0.2) is 0 Å². The van der Waals surface area contributed by atoms with Crippen molar-refractivity contribution in [3.63, 3.8) is 0 Å². The van der Waals surface area contributed by atoms with Gasteiger partial charge in [-0.25, -0.2) is 0 Å². The molecule has 4 nitrogen and oxygen atoms in total. The van der Waals surface area contributed by atoms with E-state index in [0.717, 1.165) is 0 Å². The number of ether oxygens (including phenoxy) is 1. The van der Waals surface area contributed by atoms with Crippen LogP contribution in [-0.2, 0) is 6.42 Å². The molecular weight excluding hydrogens is 263 g/mol. The Morgan fingerprint density at radius 1 is 1.42 bits per heavy atom. The summed E-state index contributed by atoms with van der Waals surface area (Å²) in [4.78, 5) is 10.1. The van der Waals surface area contributed by atoms with E-state index in [2.05, 4.69) is 0 Å². The van der Waals surface area contributed by atoms with Crippen LogP contribution in [0.4, 0.5) is 18.9 Å². The Bertz CT molecular complexity index is 488. The molecule has 0 spiro atoms. The second-order valence-electron chi connectivity index (χ2n) is 4.48. The molecule has 0 aromatic heterocycles. The van der Waals surface area contributed by atoms with Gasteiger partial charge in [0, 0.05) is 24.1 Å². The van der Waals surface area contributed by atoms with Gasteiger partial charge in [0.1, 0.15) is 5.75 Å². The first-order chi connectivity index (χ1) is 8.85. The number of alkyl halides is 3. The molecule has 1 aromatic carbocycles. The Hall–Kier alpha value is -1.79. The van der Waals surface area contributed by atoms with E-state index >= 15 is 0 Å². The molecule has 1 unspecified atom stereocenters. The lowest BCUT2D eigenvalue weighted by atomic mass is 9.99. The van der Waals surface area contributed by atoms with Gasteiger partial charge < -0.3 is 4.74 Å². The minimum absolute atomic E-state index is 0.0314. The van der Waals surface area contributed by atoms with Gasteiger partial charge in [-0.15, -0.1) is 0 Å². The summed E-state index contributed by atoms with van der Waals surface area (Å²) in [6.45, 7) is 0. The standard InChI is InChI=1S/C12H12F3NO3/c13-12(14,15)6-5-10-3-1-8-7-9(16(17)18)2-4-11(8)19-10/h2,4,7,10H,1,3,5-6H2. The molecule has 0 fully saturated rings. The molecule has 0 saturated carbocycles. The number of halogens is 3. The fourth-order valence-electron chi connectivity index (χ4n) is 2.07. The number of benzene rings is 1. The van der Waals surface area contributed by atoms with Crippen LogP contribution in [0.2, 0.25) is 0 Å². The van der Waals surface area contributed by atoms with Gasteiger partial charge in [-0.05, 0) is 25.3 Å². The highest BCUT2D eigenvalue weighted by atomic mass is 19.4. The zero-order valence-corrected chi connectivity index (χ0v) is 9.94. The molecular formula is C12H12F3NO3. The molecule has 0 amide bonds. The summed E-state index contributed by atoms with van der Waals surface area (Å²) in [6, 6.07) is 4.16. The van der Waals surface area contributed by atoms with Crippen molar-refractivity contribution >= 4 is 5.69 Å². The number of fused-ring (bicyclic) bond motifs is 1. The molecule has 0 saturated heterocycles. The summed E-state index contributed by atoms with van der Waals surface area (Å²) in [5, 5.41) is 10.6. The van der Waals surface area contributed by atoms with Crippen LogP contribution >= 0.6 is 0 Å². The van der Waals surface area contributed by atoms with Crippen LogP contribution in [0.5, 0.6) is 5.75 Å². The summed E-state index contributed by atoms with van der Waals surface area (Å²) >= 11 is 0. The largest absolute Gasteiger partial charge is 0.490 e. The number of nitro benzene ring substituents is 1. The summed E-state index contributed by atoms with van der Waals surface area (Å²) in [5.74, 6) is 0.448. The number of non-ortho nitro benzene ring substituents is 1. The third-order valence-corrected chi connectivity index (χ3v) is 3.03. The van der Waals surface area contributed by atoms with Crippen molar-refractivity contribution in [2.24, 2.45) is 0 Å². The Balaban J connectivity index is 2.02. The monoisotopic (exact) mass is 275 g/mol. The number of rotatable bonds is 3. The van der Waals surface area contributed by atoms with E-state index < -0.39 is 23.6 Å². The van der Waals surface area contributed by atoms with Gasteiger partial charge >= 0.3 is 6.18 Å². The predicted octanol–water partition coefficient (Wildman–Crippen LogP) is 3.63. The number of hydrogen-bond donors (Lipinski definition) is 0. The van der Waals surface area contributed by atoms with Crippen LogP contribution < -0.4 is 4.74 Å². The van der Waals surface area contributed by atoms with Crippen molar-refractivity contribution in [1.82, 2.24) is 0 Å². The molecule has 0 N–H and O–H groups in total. The van der Waals surface area contributed by atoms with Crippen LogP contribution in [0.1, 0.15) is 24.8 Å². The maximum atomic E-state index is 12.1. The van der Waals surface area contributed by atoms with E-state index in [1.54, 1.807) is 0 Å². The molecule has 1 heterocycles. The van der Waals surface area contributed by atoms with Crippen molar-refractivity contribution in [2.75, 3.05) is 0 Å². The van der Waals surface area contributed by atoms with E-state index in [0.29, 0.717) is 24.2 Å². The molecule has 1 aromatic rings. The zero-order valence-electron chi connectivity index (χ0n) is 9.94. The van der Waals surface area contributed by atoms with Crippen LogP contribution in [0.25, 0.3) is 0 Å². The third-order valence-electron chi connectivity index (χ3n) is 3.03. The summed E-state index contributed by atoms with van der Waals surface area (Å²) in [6.07, 6.45) is -4.67.